The van der Waals surface area contributed by atoms with E-state index < -0.39 is 0 Å². The Morgan fingerprint density at radius 1 is 1.00 bits per heavy atom. The number of hydrogen-bond acceptors (Lipinski definition) is 6. The van der Waals surface area contributed by atoms with Gasteiger partial charge >= 0.3 is 0 Å². The van der Waals surface area contributed by atoms with Gasteiger partial charge in [0, 0.05) is 58.9 Å². The summed E-state index contributed by atoms with van der Waals surface area (Å²) in [4.78, 5) is 16.9. The molecule has 2 aliphatic rings. The molecule has 0 bridgehead atoms. The lowest BCUT2D eigenvalue weighted by Gasteiger charge is -2.35. The zero-order valence-electron chi connectivity index (χ0n) is 22.4. The third-order valence-corrected chi connectivity index (χ3v) is 8.02. The summed E-state index contributed by atoms with van der Waals surface area (Å²) < 4.78 is 0. The number of anilines is 3. The molecule has 2 aromatic rings. The molecule has 2 fully saturated rings. The lowest BCUT2D eigenvalue weighted by atomic mass is 9.79. The first-order valence-corrected chi connectivity index (χ1v) is 13.9. The van der Waals surface area contributed by atoms with Gasteiger partial charge in [0.05, 0.1) is 0 Å². The fourth-order valence-corrected chi connectivity index (χ4v) is 5.75. The Morgan fingerprint density at radius 2 is 1.74 bits per heavy atom. The van der Waals surface area contributed by atoms with Gasteiger partial charge in [0.1, 0.15) is 11.6 Å². The summed E-state index contributed by atoms with van der Waals surface area (Å²) in [6.45, 7) is 9.70. The van der Waals surface area contributed by atoms with Crippen molar-refractivity contribution in [1.82, 2.24) is 14.9 Å². The summed E-state index contributed by atoms with van der Waals surface area (Å²) in [5.41, 5.74) is 1.38. The van der Waals surface area contributed by atoms with Crippen LogP contribution in [-0.2, 0) is 6.54 Å². The lowest BCUT2D eigenvalue weighted by Crippen LogP contribution is -2.46. The third-order valence-electron chi connectivity index (χ3n) is 8.02. The van der Waals surface area contributed by atoms with Gasteiger partial charge in [0.15, 0.2) is 0 Å². The highest BCUT2D eigenvalue weighted by Crippen LogP contribution is 2.33. The molecule has 1 N–H and O–H groups in total. The molecule has 4 rings (SSSR count). The maximum atomic E-state index is 5.02. The lowest BCUT2D eigenvalue weighted by molar-refractivity contribution is 0.248. The van der Waals surface area contributed by atoms with Gasteiger partial charge in [-0.3, -0.25) is 4.90 Å². The average Bonchev–Trinajstić information content (AvgIpc) is 2.88. The Labute approximate surface area is 213 Å². The molecule has 1 aliphatic heterocycles. The Balaban J connectivity index is 1.39. The van der Waals surface area contributed by atoms with Crippen LogP contribution >= 0.6 is 0 Å². The van der Waals surface area contributed by atoms with Crippen LogP contribution in [0.4, 0.5) is 17.6 Å². The van der Waals surface area contributed by atoms with E-state index in [0.717, 1.165) is 62.1 Å². The standard InChI is InChI=1S/C29H46N6/c1-5-23(6-2)19-25-13-10-14-26(20-25)30-27-21-28(33(3)4)32-29(31-27)35-17-15-34(16-18-35)22-24-11-8-7-9-12-24/h7-9,11-12,21,23,25-26H,5-6,10,13-20,22H2,1-4H3,(H,30,31,32). The molecule has 1 aromatic carbocycles. The summed E-state index contributed by atoms with van der Waals surface area (Å²) in [5, 5.41) is 3.82. The van der Waals surface area contributed by atoms with Gasteiger partial charge in [0.2, 0.25) is 5.95 Å². The summed E-state index contributed by atoms with van der Waals surface area (Å²) >= 11 is 0. The molecule has 2 atom stereocenters. The number of rotatable bonds is 10. The van der Waals surface area contributed by atoms with Gasteiger partial charge in [-0.2, -0.15) is 9.97 Å². The van der Waals surface area contributed by atoms with Gasteiger partial charge in [-0.05, 0) is 36.7 Å². The van der Waals surface area contributed by atoms with E-state index in [1.165, 1.54) is 50.5 Å². The SMILES string of the molecule is CCC(CC)CC1CCCC(Nc2cc(N(C)C)nc(N3CCN(Cc4ccccc4)CC3)n2)C1. The van der Waals surface area contributed by atoms with Crippen molar-refractivity contribution >= 4 is 17.6 Å². The van der Waals surface area contributed by atoms with E-state index in [9.17, 15) is 0 Å². The van der Waals surface area contributed by atoms with Crippen molar-refractivity contribution in [2.24, 2.45) is 11.8 Å². The number of aromatic nitrogens is 2. The number of nitrogens with zero attached hydrogens (tertiary/aromatic N) is 5. The molecule has 1 aromatic heterocycles. The van der Waals surface area contributed by atoms with E-state index in [2.05, 4.69) is 84.4 Å². The number of benzene rings is 1. The molecule has 1 saturated heterocycles. The Kier molecular flexibility index (Phi) is 9.25. The number of nitrogens with one attached hydrogen (secondary N) is 1. The van der Waals surface area contributed by atoms with Crippen LogP contribution in [0.5, 0.6) is 0 Å². The maximum Gasteiger partial charge on any atom is 0.229 e. The predicted molar refractivity (Wildman–Crippen MR) is 148 cm³/mol. The minimum atomic E-state index is 0.517. The second kappa shape index (κ2) is 12.6. The molecule has 2 unspecified atom stereocenters. The van der Waals surface area contributed by atoms with Crippen molar-refractivity contribution in [3.63, 3.8) is 0 Å². The minimum Gasteiger partial charge on any atom is -0.367 e. The smallest absolute Gasteiger partial charge is 0.229 e. The zero-order valence-corrected chi connectivity index (χ0v) is 22.4. The largest absolute Gasteiger partial charge is 0.367 e. The zero-order chi connectivity index (χ0) is 24.6. The van der Waals surface area contributed by atoms with Gasteiger partial charge in [-0.15, -0.1) is 0 Å². The van der Waals surface area contributed by atoms with Gasteiger partial charge in [-0.1, -0.05) is 69.9 Å². The normalized spacial score (nSPS) is 21.3. The Hall–Kier alpha value is -2.34. The topological polar surface area (TPSA) is 47.5 Å². The Bertz CT molecular complexity index is 889. The highest BCUT2D eigenvalue weighted by atomic mass is 15.3. The fourth-order valence-electron chi connectivity index (χ4n) is 5.75. The van der Waals surface area contributed by atoms with Gasteiger partial charge < -0.3 is 15.1 Å². The van der Waals surface area contributed by atoms with Crippen LogP contribution in [-0.4, -0.2) is 61.2 Å². The summed E-state index contributed by atoms with van der Waals surface area (Å²) in [5.74, 6) is 4.55. The van der Waals surface area contributed by atoms with Crippen LogP contribution in [0, 0.1) is 11.8 Å². The second-order valence-electron chi connectivity index (χ2n) is 10.8. The highest BCUT2D eigenvalue weighted by molar-refractivity contribution is 5.54. The van der Waals surface area contributed by atoms with Crippen molar-refractivity contribution in [1.29, 1.82) is 0 Å². The van der Waals surface area contributed by atoms with E-state index in [-0.39, 0.29) is 0 Å². The van der Waals surface area contributed by atoms with Crippen LogP contribution in [0.25, 0.3) is 0 Å². The summed E-state index contributed by atoms with van der Waals surface area (Å²) in [7, 11) is 4.14. The van der Waals surface area contributed by atoms with Crippen molar-refractivity contribution in [2.75, 3.05) is 55.4 Å². The number of piperazine rings is 1. The van der Waals surface area contributed by atoms with Crippen LogP contribution in [0.15, 0.2) is 36.4 Å². The van der Waals surface area contributed by atoms with E-state index >= 15 is 0 Å². The average molecular weight is 479 g/mol. The summed E-state index contributed by atoms with van der Waals surface area (Å²) in [6.07, 6.45) is 9.23. The van der Waals surface area contributed by atoms with Crippen molar-refractivity contribution in [3.8, 4) is 0 Å². The first-order chi connectivity index (χ1) is 17.0. The van der Waals surface area contributed by atoms with Crippen LogP contribution in [0.1, 0.15) is 64.4 Å². The van der Waals surface area contributed by atoms with E-state index in [4.69, 9.17) is 9.97 Å². The first-order valence-electron chi connectivity index (χ1n) is 13.9. The molecule has 6 heteroatoms. The molecular weight excluding hydrogens is 432 g/mol. The molecule has 192 valence electrons. The minimum absolute atomic E-state index is 0.517. The molecule has 1 aliphatic carbocycles. The molecule has 2 heterocycles. The van der Waals surface area contributed by atoms with Crippen LogP contribution in [0.3, 0.4) is 0 Å². The fraction of sp³-hybridized carbons (Fsp3) is 0.655. The first kappa shape index (κ1) is 25.7. The second-order valence-corrected chi connectivity index (χ2v) is 10.8. The molecule has 6 nitrogen and oxygen atoms in total. The quantitative estimate of drug-likeness (QED) is 0.475. The molecule has 0 radical (unpaired) electrons. The third kappa shape index (κ3) is 7.33. The molecule has 0 amide bonds. The molecule has 35 heavy (non-hydrogen) atoms. The van der Waals surface area contributed by atoms with Crippen LogP contribution in [0.2, 0.25) is 0 Å². The molecule has 1 saturated carbocycles. The summed E-state index contributed by atoms with van der Waals surface area (Å²) in [6, 6.07) is 13.4. The van der Waals surface area contributed by atoms with E-state index in [0.29, 0.717) is 6.04 Å². The predicted octanol–water partition coefficient (Wildman–Crippen LogP) is 5.66. The van der Waals surface area contributed by atoms with Gasteiger partial charge in [-0.25, -0.2) is 0 Å². The maximum absolute atomic E-state index is 5.02. The highest BCUT2D eigenvalue weighted by Gasteiger charge is 2.25. The number of hydrogen-bond donors (Lipinski definition) is 1. The molecular formula is C29H46N6. The Morgan fingerprint density at radius 3 is 2.43 bits per heavy atom. The monoisotopic (exact) mass is 478 g/mol. The van der Waals surface area contributed by atoms with Crippen molar-refractivity contribution in [3.05, 3.63) is 42.0 Å². The molecule has 0 spiro atoms. The van der Waals surface area contributed by atoms with Crippen LogP contribution < -0.4 is 15.1 Å². The van der Waals surface area contributed by atoms with Crippen molar-refractivity contribution < 1.29 is 0 Å². The van der Waals surface area contributed by atoms with Crippen molar-refractivity contribution in [2.45, 2.75) is 71.4 Å². The van der Waals surface area contributed by atoms with Gasteiger partial charge in [0.25, 0.3) is 0 Å². The van der Waals surface area contributed by atoms with E-state index in [1.807, 2.05) is 0 Å². The van der Waals surface area contributed by atoms with E-state index in [1.54, 1.807) is 0 Å².